The van der Waals surface area contributed by atoms with Gasteiger partial charge in [-0.1, -0.05) is 6.07 Å². The normalized spacial score (nSPS) is 10.5. The van der Waals surface area contributed by atoms with Crippen LogP contribution in [0, 0.1) is 6.92 Å². The van der Waals surface area contributed by atoms with Crippen LogP contribution in [0.5, 0.6) is 0 Å². The fourth-order valence-electron chi connectivity index (χ4n) is 1.53. The quantitative estimate of drug-likeness (QED) is 0.756. The van der Waals surface area contributed by atoms with Crippen molar-refractivity contribution in [1.29, 1.82) is 0 Å². The lowest BCUT2D eigenvalue weighted by Gasteiger charge is -1.99. The van der Waals surface area contributed by atoms with Gasteiger partial charge < -0.3 is 9.72 Å². The molecule has 0 spiro atoms. The molecular weight excluding hydrogens is 192 g/mol. The number of hydrogen-bond acceptors (Lipinski definition) is 3. The molecule has 2 rings (SSSR count). The average molecular weight is 204 g/mol. The maximum atomic E-state index is 11.1. The Labute approximate surface area is 87.3 Å². The van der Waals surface area contributed by atoms with Crippen LogP contribution >= 0.6 is 0 Å². The molecule has 0 bridgehead atoms. The standard InChI is InChI=1S/C11H12N2O2/c1-7-12-9-4-3-8(5-10(9)13-7)6-11(14)15-2/h3-5H,6H2,1-2H3,(H,12,13). The second kappa shape index (κ2) is 3.73. The molecule has 2 aromatic rings. The van der Waals surface area contributed by atoms with Crippen molar-refractivity contribution in [3.63, 3.8) is 0 Å². The highest BCUT2D eigenvalue weighted by Crippen LogP contribution is 2.14. The van der Waals surface area contributed by atoms with Gasteiger partial charge in [0.15, 0.2) is 0 Å². The van der Waals surface area contributed by atoms with Crippen molar-refractivity contribution in [2.75, 3.05) is 7.11 Å². The number of rotatable bonds is 2. The fraction of sp³-hybridized carbons (Fsp3) is 0.273. The molecule has 1 N–H and O–H groups in total. The van der Waals surface area contributed by atoms with Gasteiger partial charge in [-0.25, -0.2) is 4.98 Å². The summed E-state index contributed by atoms with van der Waals surface area (Å²) >= 11 is 0. The number of methoxy groups -OCH3 is 1. The van der Waals surface area contributed by atoms with Crippen LogP contribution in [0.4, 0.5) is 0 Å². The summed E-state index contributed by atoms with van der Waals surface area (Å²) in [6, 6.07) is 5.71. The number of carbonyl (C=O) groups excluding carboxylic acids is 1. The van der Waals surface area contributed by atoms with Gasteiger partial charge in [-0.2, -0.15) is 0 Å². The maximum absolute atomic E-state index is 11.1. The van der Waals surface area contributed by atoms with E-state index < -0.39 is 0 Å². The number of aryl methyl sites for hydroxylation is 1. The van der Waals surface area contributed by atoms with Gasteiger partial charge in [0.2, 0.25) is 0 Å². The Balaban J connectivity index is 2.33. The molecule has 15 heavy (non-hydrogen) atoms. The number of hydrogen-bond donors (Lipinski definition) is 1. The summed E-state index contributed by atoms with van der Waals surface area (Å²) in [5.41, 5.74) is 2.80. The van der Waals surface area contributed by atoms with E-state index in [1.165, 1.54) is 7.11 Å². The van der Waals surface area contributed by atoms with E-state index >= 15 is 0 Å². The summed E-state index contributed by atoms with van der Waals surface area (Å²) in [6.07, 6.45) is 0.296. The van der Waals surface area contributed by atoms with Crippen LogP contribution in [0.2, 0.25) is 0 Å². The van der Waals surface area contributed by atoms with E-state index in [4.69, 9.17) is 0 Å². The molecule has 0 unspecified atom stereocenters. The number of ether oxygens (including phenoxy) is 1. The lowest BCUT2D eigenvalue weighted by atomic mass is 10.1. The number of benzene rings is 1. The maximum Gasteiger partial charge on any atom is 0.309 e. The topological polar surface area (TPSA) is 55.0 Å². The number of esters is 1. The van der Waals surface area contributed by atoms with E-state index in [9.17, 15) is 4.79 Å². The largest absolute Gasteiger partial charge is 0.469 e. The first kappa shape index (κ1) is 9.71. The van der Waals surface area contributed by atoms with Crippen LogP contribution in [0.1, 0.15) is 11.4 Å². The Morgan fingerprint density at radius 3 is 3.07 bits per heavy atom. The van der Waals surface area contributed by atoms with E-state index in [0.717, 1.165) is 22.4 Å². The van der Waals surface area contributed by atoms with E-state index in [0.29, 0.717) is 6.42 Å². The van der Waals surface area contributed by atoms with Crippen LogP contribution in [-0.2, 0) is 16.0 Å². The Morgan fingerprint density at radius 2 is 2.33 bits per heavy atom. The molecule has 78 valence electrons. The molecule has 0 amide bonds. The zero-order valence-electron chi connectivity index (χ0n) is 8.70. The third kappa shape index (κ3) is 1.98. The molecule has 0 atom stereocenters. The number of fused-ring (bicyclic) bond motifs is 1. The number of carbonyl (C=O) groups is 1. The fourth-order valence-corrected chi connectivity index (χ4v) is 1.53. The highest BCUT2D eigenvalue weighted by Gasteiger charge is 2.05. The minimum Gasteiger partial charge on any atom is -0.469 e. The Bertz CT molecular complexity index is 502. The number of nitrogens with one attached hydrogen (secondary N) is 1. The zero-order chi connectivity index (χ0) is 10.8. The highest BCUT2D eigenvalue weighted by molar-refractivity contribution is 5.78. The Kier molecular flexibility index (Phi) is 2.41. The monoisotopic (exact) mass is 204 g/mol. The van der Waals surface area contributed by atoms with E-state index in [1.807, 2.05) is 25.1 Å². The molecule has 1 aromatic heterocycles. The van der Waals surface area contributed by atoms with Crippen LogP contribution in [0.3, 0.4) is 0 Å². The van der Waals surface area contributed by atoms with Gasteiger partial charge in [0.05, 0.1) is 24.6 Å². The van der Waals surface area contributed by atoms with Crippen molar-refractivity contribution < 1.29 is 9.53 Å². The molecular formula is C11H12N2O2. The third-order valence-corrected chi connectivity index (χ3v) is 2.24. The molecule has 0 saturated heterocycles. The van der Waals surface area contributed by atoms with Gasteiger partial charge in [-0.15, -0.1) is 0 Å². The summed E-state index contributed by atoms with van der Waals surface area (Å²) in [5, 5.41) is 0. The van der Waals surface area contributed by atoms with Gasteiger partial charge in [0, 0.05) is 0 Å². The van der Waals surface area contributed by atoms with Crippen LogP contribution in [0.15, 0.2) is 18.2 Å². The Hall–Kier alpha value is -1.84. The summed E-state index contributed by atoms with van der Waals surface area (Å²) in [7, 11) is 1.39. The van der Waals surface area contributed by atoms with Gasteiger partial charge >= 0.3 is 5.97 Å². The number of H-pyrrole nitrogens is 1. The predicted octanol–water partition coefficient (Wildman–Crippen LogP) is 1.59. The van der Waals surface area contributed by atoms with Crippen molar-refractivity contribution in [2.24, 2.45) is 0 Å². The van der Waals surface area contributed by atoms with Crippen LogP contribution < -0.4 is 0 Å². The lowest BCUT2D eigenvalue weighted by Crippen LogP contribution is -2.04. The summed E-state index contributed by atoms with van der Waals surface area (Å²) in [5.74, 6) is 0.644. The Morgan fingerprint density at radius 1 is 1.53 bits per heavy atom. The number of aromatic nitrogens is 2. The highest BCUT2D eigenvalue weighted by atomic mass is 16.5. The molecule has 0 radical (unpaired) electrons. The number of nitrogens with zero attached hydrogens (tertiary/aromatic N) is 1. The first-order valence-corrected chi connectivity index (χ1v) is 4.71. The van der Waals surface area contributed by atoms with E-state index in [2.05, 4.69) is 14.7 Å². The number of aromatic amines is 1. The van der Waals surface area contributed by atoms with Crippen molar-refractivity contribution >= 4 is 17.0 Å². The van der Waals surface area contributed by atoms with Crippen molar-refractivity contribution in [3.05, 3.63) is 29.6 Å². The molecule has 4 nitrogen and oxygen atoms in total. The molecule has 4 heteroatoms. The summed E-state index contributed by atoms with van der Waals surface area (Å²) in [4.78, 5) is 18.5. The second-order valence-electron chi connectivity index (χ2n) is 3.43. The van der Waals surface area contributed by atoms with Crippen molar-refractivity contribution in [2.45, 2.75) is 13.3 Å². The molecule has 1 heterocycles. The van der Waals surface area contributed by atoms with Crippen molar-refractivity contribution in [1.82, 2.24) is 9.97 Å². The first-order valence-electron chi connectivity index (χ1n) is 4.71. The molecule has 0 fully saturated rings. The molecule has 0 saturated carbocycles. The smallest absolute Gasteiger partial charge is 0.309 e. The molecule has 0 aliphatic carbocycles. The minimum atomic E-state index is -0.231. The van der Waals surface area contributed by atoms with Gasteiger partial charge in [-0.05, 0) is 24.6 Å². The second-order valence-corrected chi connectivity index (χ2v) is 3.43. The predicted molar refractivity (Wildman–Crippen MR) is 56.6 cm³/mol. The van der Waals surface area contributed by atoms with E-state index in [1.54, 1.807) is 0 Å². The average Bonchev–Trinajstić information content (AvgIpc) is 2.57. The number of imidazole rings is 1. The molecule has 1 aromatic carbocycles. The van der Waals surface area contributed by atoms with Gasteiger partial charge in [0.1, 0.15) is 5.82 Å². The van der Waals surface area contributed by atoms with Gasteiger partial charge in [-0.3, -0.25) is 4.79 Å². The van der Waals surface area contributed by atoms with Crippen LogP contribution in [-0.4, -0.2) is 23.0 Å². The zero-order valence-corrected chi connectivity index (χ0v) is 8.70. The summed E-state index contributed by atoms with van der Waals surface area (Å²) < 4.78 is 4.61. The van der Waals surface area contributed by atoms with Gasteiger partial charge in [0.25, 0.3) is 0 Å². The third-order valence-electron chi connectivity index (χ3n) is 2.24. The molecule has 0 aliphatic heterocycles. The SMILES string of the molecule is COC(=O)Cc1ccc2nc(C)[nH]c2c1. The van der Waals surface area contributed by atoms with Crippen molar-refractivity contribution in [3.8, 4) is 0 Å². The van der Waals surface area contributed by atoms with E-state index in [-0.39, 0.29) is 5.97 Å². The first-order chi connectivity index (χ1) is 7.19. The lowest BCUT2D eigenvalue weighted by molar-refractivity contribution is -0.139. The summed E-state index contributed by atoms with van der Waals surface area (Å²) in [6.45, 7) is 1.90. The molecule has 0 aliphatic rings. The minimum absolute atomic E-state index is 0.231. The van der Waals surface area contributed by atoms with Crippen LogP contribution in [0.25, 0.3) is 11.0 Å².